The molecule has 4 aromatic rings. The van der Waals surface area contributed by atoms with Gasteiger partial charge in [-0.1, -0.05) is 84.4 Å². The van der Waals surface area contributed by atoms with Crippen molar-refractivity contribution in [2.75, 3.05) is 5.32 Å². The van der Waals surface area contributed by atoms with E-state index in [0.717, 1.165) is 11.1 Å². The van der Waals surface area contributed by atoms with Crippen LogP contribution in [0, 0.1) is 5.92 Å². The number of benzene rings is 4. The Morgan fingerprint density at radius 2 is 1.46 bits per heavy atom. The summed E-state index contributed by atoms with van der Waals surface area (Å²) in [5.41, 5.74) is 2.45. The minimum atomic E-state index is -1.40. The molecule has 3 heterocycles. The van der Waals surface area contributed by atoms with Crippen molar-refractivity contribution in [2.45, 2.75) is 17.5 Å². The maximum absolute atomic E-state index is 14.6. The maximum atomic E-state index is 14.6. The highest BCUT2D eigenvalue weighted by Crippen LogP contribution is 2.61. The van der Waals surface area contributed by atoms with Crippen molar-refractivity contribution < 1.29 is 14.4 Å². The zero-order valence-corrected chi connectivity index (χ0v) is 21.4. The van der Waals surface area contributed by atoms with Crippen LogP contribution >= 0.6 is 11.6 Å². The number of Topliss-reactive ketones (excluding diaryl/α,β-unsaturated/α-hetero) is 2. The second-order valence-corrected chi connectivity index (χ2v) is 10.5. The lowest BCUT2D eigenvalue weighted by Gasteiger charge is -2.37. The summed E-state index contributed by atoms with van der Waals surface area (Å²) in [5, 5.41) is 9.98. The first-order chi connectivity index (χ1) is 19.0. The Morgan fingerprint density at radius 1 is 0.795 bits per heavy atom. The number of ketones is 2. The van der Waals surface area contributed by atoms with Gasteiger partial charge < -0.3 is 5.32 Å². The largest absolute Gasteiger partial charge is 0.325 e. The number of para-hydroxylation sites is 1. The smallest absolute Gasteiger partial charge is 0.238 e. The van der Waals surface area contributed by atoms with Crippen LogP contribution in [0.2, 0.25) is 5.02 Å². The Labute approximate surface area is 229 Å². The molecule has 1 fully saturated rings. The van der Waals surface area contributed by atoms with Gasteiger partial charge >= 0.3 is 0 Å². The van der Waals surface area contributed by atoms with Crippen molar-refractivity contribution in [2.24, 2.45) is 11.0 Å². The summed E-state index contributed by atoms with van der Waals surface area (Å²) in [5.74, 6) is -1.94. The van der Waals surface area contributed by atoms with Crippen LogP contribution in [0.15, 0.2) is 108 Å². The van der Waals surface area contributed by atoms with E-state index in [-0.39, 0.29) is 17.5 Å². The van der Waals surface area contributed by atoms with Gasteiger partial charge in [0.15, 0.2) is 11.6 Å². The SMILES string of the molecule is O=C(c1ccc(Cl)cc1)[C@@H]1[C@H](C(=O)c2ccccc2)[C@@]2(C(=O)Nc3ccccc32)[C@@H]2c3ccccc3C=NN12. The minimum Gasteiger partial charge on any atom is -0.325 e. The number of nitrogens with zero attached hydrogens (tertiary/aromatic N) is 2. The van der Waals surface area contributed by atoms with Crippen LogP contribution in [0.1, 0.15) is 43.4 Å². The molecule has 3 aliphatic rings. The second-order valence-electron chi connectivity index (χ2n) is 10.0. The van der Waals surface area contributed by atoms with Crippen molar-refractivity contribution in [1.82, 2.24) is 5.01 Å². The highest BCUT2D eigenvalue weighted by atomic mass is 35.5. The first-order valence-electron chi connectivity index (χ1n) is 12.7. The topological polar surface area (TPSA) is 78.8 Å². The van der Waals surface area contributed by atoms with Gasteiger partial charge in [0.2, 0.25) is 5.91 Å². The lowest BCUT2D eigenvalue weighted by atomic mass is 9.62. The third-order valence-corrected chi connectivity index (χ3v) is 8.39. The molecule has 0 aromatic heterocycles. The van der Waals surface area contributed by atoms with Crippen LogP contribution in [-0.4, -0.2) is 34.7 Å². The van der Waals surface area contributed by atoms with Crippen molar-refractivity contribution in [3.05, 3.63) is 136 Å². The number of carbonyl (C=O) groups is 3. The normalized spacial score (nSPS) is 24.2. The van der Waals surface area contributed by atoms with Gasteiger partial charge in [-0.05, 0) is 47.0 Å². The number of hydrazone groups is 1. The highest BCUT2D eigenvalue weighted by molar-refractivity contribution is 6.30. The fourth-order valence-electron chi connectivity index (χ4n) is 6.54. The van der Waals surface area contributed by atoms with Crippen LogP contribution in [0.25, 0.3) is 0 Å². The number of amides is 1. The molecule has 4 atom stereocenters. The van der Waals surface area contributed by atoms with Gasteiger partial charge in [-0.3, -0.25) is 19.4 Å². The van der Waals surface area contributed by atoms with E-state index in [1.54, 1.807) is 59.8 Å². The summed E-state index contributed by atoms with van der Waals surface area (Å²) >= 11 is 6.12. The standard InChI is InChI=1S/C32H22ClN3O3/c33-22-16-14-20(15-17-22)29(38)27-26(28(37)19-8-2-1-3-9-19)32(24-12-6-7-13-25(24)35-31(32)39)30-23-11-5-4-10-21(23)18-34-36(27)30/h1-18,26-27,30H,(H,35,39)/t26-,27+,30+,32-/m1/s1. The predicted octanol–water partition coefficient (Wildman–Crippen LogP) is 5.68. The molecule has 190 valence electrons. The minimum absolute atomic E-state index is 0.281. The molecular weight excluding hydrogens is 510 g/mol. The Morgan fingerprint density at radius 3 is 2.26 bits per heavy atom. The van der Waals surface area contributed by atoms with Crippen molar-refractivity contribution in [1.29, 1.82) is 0 Å². The number of halogens is 1. The number of hydrogen-bond acceptors (Lipinski definition) is 5. The molecule has 1 saturated heterocycles. The number of anilines is 1. The molecule has 3 aliphatic heterocycles. The summed E-state index contributed by atoms with van der Waals surface area (Å²) in [6, 6.07) is 28.9. The van der Waals surface area contributed by atoms with Crippen molar-refractivity contribution in [3.63, 3.8) is 0 Å². The second kappa shape index (κ2) is 8.75. The molecule has 0 aliphatic carbocycles. The summed E-state index contributed by atoms with van der Waals surface area (Å²) in [7, 11) is 0. The molecule has 4 aromatic carbocycles. The number of fused-ring (bicyclic) bond motifs is 6. The van der Waals surface area contributed by atoms with E-state index in [9.17, 15) is 14.4 Å². The van der Waals surface area contributed by atoms with Gasteiger partial charge in [-0.25, -0.2) is 0 Å². The Balaban J connectivity index is 1.54. The molecule has 0 saturated carbocycles. The summed E-state index contributed by atoms with van der Waals surface area (Å²) in [6.07, 6.45) is 1.70. The number of carbonyl (C=O) groups excluding carboxylic acids is 3. The van der Waals surface area contributed by atoms with E-state index in [4.69, 9.17) is 16.7 Å². The number of hydrogen-bond donors (Lipinski definition) is 1. The molecular formula is C32H22ClN3O3. The quantitative estimate of drug-likeness (QED) is 0.343. The average molecular weight is 532 g/mol. The fraction of sp³-hybridized carbons (Fsp3) is 0.125. The third kappa shape index (κ3) is 3.28. The first kappa shape index (κ1) is 23.6. The molecule has 7 rings (SSSR count). The third-order valence-electron chi connectivity index (χ3n) is 8.14. The van der Waals surface area contributed by atoms with E-state index in [1.807, 2.05) is 54.6 Å². The van der Waals surface area contributed by atoms with Crippen molar-refractivity contribution in [3.8, 4) is 0 Å². The average Bonchev–Trinajstić information content (AvgIpc) is 3.45. The van der Waals surface area contributed by atoms with E-state index in [1.165, 1.54) is 0 Å². The Bertz CT molecular complexity index is 1680. The molecule has 1 amide bonds. The lowest BCUT2D eigenvalue weighted by molar-refractivity contribution is -0.122. The van der Waals surface area contributed by atoms with E-state index in [2.05, 4.69) is 5.32 Å². The summed E-state index contributed by atoms with van der Waals surface area (Å²) < 4.78 is 0. The van der Waals surface area contributed by atoms with E-state index < -0.39 is 23.4 Å². The molecule has 0 unspecified atom stereocenters. The molecule has 1 N–H and O–H groups in total. The summed E-state index contributed by atoms with van der Waals surface area (Å²) in [4.78, 5) is 43.3. The molecule has 0 bridgehead atoms. The van der Waals surface area contributed by atoms with Gasteiger partial charge in [0, 0.05) is 21.8 Å². The van der Waals surface area contributed by atoms with Gasteiger partial charge in [-0.2, -0.15) is 5.10 Å². The number of nitrogens with one attached hydrogen (secondary N) is 1. The van der Waals surface area contributed by atoms with Crippen LogP contribution in [0.3, 0.4) is 0 Å². The molecule has 39 heavy (non-hydrogen) atoms. The van der Waals surface area contributed by atoms with Gasteiger partial charge in [0.1, 0.15) is 11.5 Å². The zero-order valence-electron chi connectivity index (χ0n) is 20.6. The predicted molar refractivity (Wildman–Crippen MR) is 149 cm³/mol. The zero-order chi connectivity index (χ0) is 26.7. The maximum Gasteiger partial charge on any atom is 0.238 e. The van der Waals surface area contributed by atoms with Gasteiger partial charge in [0.25, 0.3) is 0 Å². The Hall–Kier alpha value is -4.55. The van der Waals surface area contributed by atoms with E-state index >= 15 is 0 Å². The first-order valence-corrected chi connectivity index (χ1v) is 13.1. The fourth-order valence-corrected chi connectivity index (χ4v) is 6.67. The van der Waals surface area contributed by atoms with Crippen LogP contribution in [-0.2, 0) is 10.2 Å². The van der Waals surface area contributed by atoms with Crippen LogP contribution in [0.5, 0.6) is 0 Å². The van der Waals surface area contributed by atoms with Crippen LogP contribution < -0.4 is 5.32 Å². The molecule has 7 heteroatoms. The van der Waals surface area contributed by atoms with Gasteiger partial charge in [0.05, 0.1) is 18.2 Å². The number of rotatable bonds is 4. The van der Waals surface area contributed by atoms with Crippen molar-refractivity contribution >= 4 is 41.0 Å². The monoisotopic (exact) mass is 531 g/mol. The van der Waals surface area contributed by atoms with Crippen LogP contribution in [0.4, 0.5) is 5.69 Å². The van der Waals surface area contributed by atoms with E-state index in [0.29, 0.717) is 27.4 Å². The van der Waals surface area contributed by atoms with Gasteiger partial charge in [-0.15, -0.1) is 0 Å². The lowest BCUT2D eigenvalue weighted by Crippen LogP contribution is -2.49. The summed E-state index contributed by atoms with van der Waals surface area (Å²) in [6.45, 7) is 0. The molecule has 1 spiro atoms. The molecule has 6 nitrogen and oxygen atoms in total. The molecule has 0 radical (unpaired) electrons. The highest BCUT2D eigenvalue weighted by Gasteiger charge is 2.71. The Kier molecular flexibility index (Phi) is 5.28.